The van der Waals surface area contributed by atoms with Gasteiger partial charge in [0.2, 0.25) is 0 Å². The third kappa shape index (κ3) is 4.12. The summed E-state index contributed by atoms with van der Waals surface area (Å²) in [7, 11) is 1.73. The molecule has 90 valence electrons. The summed E-state index contributed by atoms with van der Waals surface area (Å²) in [5.41, 5.74) is 1.21. The number of methoxy groups -OCH3 is 1. The Kier molecular flexibility index (Phi) is 5.81. The van der Waals surface area contributed by atoms with Crippen molar-refractivity contribution in [1.82, 2.24) is 5.32 Å². The van der Waals surface area contributed by atoms with Gasteiger partial charge in [-0.05, 0) is 31.0 Å². The fourth-order valence-corrected chi connectivity index (χ4v) is 1.91. The van der Waals surface area contributed by atoms with Crippen LogP contribution in [-0.2, 0) is 4.74 Å². The summed E-state index contributed by atoms with van der Waals surface area (Å²) in [6.45, 7) is 5.03. The van der Waals surface area contributed by atoms with Gasteiger partial charge in [0.15, 0.2) is 0 Å². The summed E-state index contributed by atoms with van der Waals surface area (Å²) in [5.74, 6) is 0. The molecule has 0 fully saturated rings. The van der Waals surface area contributed by atoms with Crippen LogP contribution < -0.4 is 5.32 Å². The molecule has 0 heterocycles. The lowest BCUT2D eigenvalue weighted by Crippen LogP contribution is -2.34. The Labute approximate surface area is 103 Å². The monoisotopic (exact) mass is 241 g/mol. The Morgan fingerprint density at radius 3 is 2.75 bits per heavy atom. The lowest BCUT2D eigenvalue weighted by atomic mass is 10.1. The van der Waals surface area contributed by atoms with E-state index in [-0.39, 0.29) is 0 Å². The molecule has 1 rings (SSSR count). The normalized spacial score (nSPS) is 14.8. The van der Waals surface area contributed by atoms with E-state index >= 15 is 0 Å². The van der Waals surface area contributed by atoms with Gasteiger partial charge in [-0.1, -0.05) is 30.7 Å². The lowest BCUT2D eigenvalue weighted by Gasteiger charge is -2.22. The fourth-order valence-electron chi connectivity index (χ4n) is 1.71. The molecule has 3 heteroatoms. The second kappa shape index (κ2) is 6.89. The number of nitrogens with one attached hydrogen (secondary N) is 1. The van der Waals surface area contributed by atoms with E-state index in [0.717, 1.165) is 18.1 Å². The molecule has 16 heavy (non-hydrogen) atoms. The minimum absolute atomic E-state index is 0.291. The van der Waals surface area contributed by atoms with E-state index in [1.165, 1.54) is 5.56 Å². The van der Waals surface area contributed by atoms with E-state index < -0.39 is 0 Å². The Morgan fingerprint density at radius 1 is 1.44 bits per heavy atom. The molecular weight excluding hydrogens is 222 g/mol. The van der Waals surface area contributed by atoms with Crippen LogP contribution in [0.2, 0.25) is 5.02 Å². The lowest BCUT2D eigenvalue weighted by molar-refractivity contribution is 0.159. The molecule has 2 unspecified atom stereocenters. The van der Waals surface area contributed by atoms with Gasteiger partial charge in [-0.25, -0.2) is 0 Å². The molecule has 0 saturated carbocycles. The van der Waals surface area contributed by atoms with E-state index in [0.29, 0.717) is 12.1 Å². The maximum absolute atomic E-state index is 5.97. The molecule has 1 N–H and O–H groups in total. The van der Waals surface area contributed by atoms with Crippen LogP contribution in [0.3, 0.4) is 0 Å². The minimum Gasteiger partial charge on any atom is -0.383 e. The second-order valence-corrected chi connectivity index (χ2v) is 4.44. The maximum Gasteiger partial charge on any atom is 0.0615 e. The van der Waals surface area contributed by atoms with Gasteiger partial charge in [0, 0.05) is 24.2 Å². The average Bonchev–Trinajstić information content (AvgIpc) is 2.28. The average molecular weight is 242 g/mol. The van der Waals surface area contributed by atoms with Crippen molar-refractivity contribution in [1.29, 1.82) is 0 Å². The molecule has 0 radical (unpaired) electrons. The predicted octanol–water partition coefficient (Wildman–Crippen LogP) is 3.42. The third-order valence-electron chi connectivity index (χ3n) is 2.70. The van der Waals surface area contributed by atoms with Crippen molar-refractivity contribution < 1.29 is 4.74 Å². The zero-order valence-electron chi connectivity index (χ0n) is 10.2. The summed E-state index contributed by atoms with van der Waals surface area (Å²) >= 11 is 5.97. The van der Waals surface area contributed by atoms with Crippen LogP contribution in [-0.4, -0.2) is 19.8 Å². The number of ether oxygens (including phenoxy) is 1. The smallest absolute Gasteiger partial charge is 0.0615 e. The quantitative estimate of drug-likeness (QED) is 0.824. The minimum atomic E-state index is 0.291. The molecule has 0 aliphatic rings. The Bertz CT molecular complexity index is 317. The topological polar surface area (TPSA) is 21.3 Å². The van der Waals surface area contributed by atoms with Crippen LogP contribution in [0, 0.1) is 0 Å². The summed E-state index contributed by atoms with van der Waals surface area (Å²) in [5, 5.41) is 4.31. The standard InChI is InChI=1S/C13H20ClNO/c1-4-13(9-16-3)15-10(2)11-6-5-7-12(14)8-11/h5-8,10,13,15H,4,9H2,1-3H3. The zero-order chi connectivity index (χ0) is 12.0. The summed E-state index contributed by atoms with van der Waals surface area (Å²) in [6.07, 6.45) is 1.05. The van der Waals surface area contributed by atoms with Crippen molar-refractivity contribution in [3.8, 4) is 0 Å². The zero-order valence-corrected chi connectivity index (χ0v) is 10.9. The van der Waals surface area contributed by atoms with Gasteiger partial charge in [0.25, 0.3) is 0 Å². The highest BCUT2D eigenvalue weighted by Gasteiger charge is 2.11. The Hall–Kier alpha value is -0.570. The first kappa shape index (κ1) is 13.5. The second-order valence-electron chi connectivity index (χ2n) is 4.00. The first-order valence-corrected chi connectivity index (χ1v) is 6.05. The van der Waals surface area contributed by atoms with Gasteiger partial charge in [-0.2, -0.15) is 0 Å². The number of hydrogen-bond donors (Lipinski definition) is 1. The van der Waals surface area contributed by atoms with Crippen LogP contribution in [0.4, 0.5) is 0 Å². The van der Waals surface area contributed by atoms with E-state index in [1.54, 1.807) is 7.11 Å². The molecule has 0 aliphatic heterocycles. The predicted molar refractivity (Wildman–Crippen MR) is 69.0 cm³/mol. The van der Waals surface area contributed by atoms with E-state index in [9.17, 15) is 0 Å². The highest BCUT2D eigenvalue weighted by molar-refractivity contribution is 6.30. The van der Waals surface area contributed by atoms with Gasteiger partial charge in [0.05, 0.1) is 6.61 Å². The number of benzene rings is 1. The van der Waals surface area contributed by atoms with Crippen molar-refractivity contribution >= 4 is 11.6 Å². The van der Waals surface area contributed by atoms with Crippen LogP contribution in [0.5, 0.6) is 0 Å². The SMILES string of the molecule is CCC(COC)NC(C)c1cccc(Cl)c1. The molecule has 2 nitrogen and oxygen atoms in total. The first-order chi connectivity index (χ1) is 7.67. The van der Waals surface area contributed by atoms with E-state index in [4.69, 9.17) is 16.3 Å². The third-order valence-corrected chi connectivity index (χ3v) is 2.93. The maximum atomic E-state index is 5.97. The fraction of sp³-hybridized carbons (Fsp3) is 0.538. The van der Waals surface area contributed by atoms with Gasteiger partial charge in [0.1, 0.15) is 0 Å². The highest BCUT2D eigenvalue weighted by atomic mass is 35.5. The van der Waals surface area contributed by atoms with Crippen molar-refractivity contribution in [3.05, 3.63) is 34.9 Å². The Morgan fingerprint density at radius 2 is 2.19 bits per heavy atom. The number of hydrogen-bond acceptors (Lipinski definition) is 2. The molecular formula is C13H20ClNO. The molecule has 0 amide bonds. The number of halogens is 1. The Balaban J connectivity index is 2.60. The molecule has 0 spiro atoms. The highest BCUT2D eigenvalue weighted by Crippen LogP contribution is 2.18. The molecule has 0 saturated heterocycles. The summed E-state index contributed by atoms with van der Waals surface area (Å²) in [6, 6.07) is 8.64. The van der Waals surface area contributed by atoms with Crippen molar-refractivity contribution in [3.63, 3.8) is 0 Å². The molecule has 0 bridgehead atoms. The van der Waals surface area contributed by atoms with Gasteiger partial charge < -0.3 is 10.1 Å². The van der Waals surface area contributed by atoms with Gasteiger partial charge >= 0.3 is 0 Å². The van der Waals surface area contributed by atoms with Crippen molar-refractivity contribution in [2.75, 3.05) is 13.7 Å². The first-order valence-electron chi connectivity index (χ1n) is 5.67. The van der Waals surface area contributed by atoms with Crippen LogP contribution in [0.1, 0.15) is 31.9 Å². The van der Waals surface area contributed by atoms with Crippen LogP contribution in [0.15, 0.2) is 24.3 Å². The molecule has 1 aromatic rings. The largest absolute Gasteiger partial charge is 0.383 e. The molecule has 0 aromatic heterocycles. The summed E-state index contributed by atoms with van der Waals surface area (Å²) < 4.78 is 5.17. The van der Waals surface area contributed by atoms with Crippen LogP contribution >= 0.6 is 11.6 Å². The van der Waals surface area contributed by atoms with Gasteiger partial charge in [-0.3, -0.25) is 0 Å². The molecule has 0 aliphatic carbocycles. The molecule has 1 aromatic carbocycles. The van der Waals surface area contributed by atoms with Gasteiger partial charge in [-0.15, -0.1) is 0 Å². The number of rotatable bonds is 6. The van der Waals surface area contributed by atoms with Crippen molar-refractivity contribution in [2.45, 2.75) is 32.4 Å². The molecule has 2 atom stereocenters. The van der Waals surface area contributed by atoms with Crippen molar-refractivity contribution in [2.24, 2.45) is 0 Å². The van der Waals surface area contributed by atoms with E-state index in [2.05, 4.69) is 25.2 Å². The van der Waals surface area contributed by atoms with E-state index in [1.807, 2.05) is 18.2 Å². The van der Waals surface area contributed by atoms with Crippen LogP contribution in [0.25, 0.3) is 0 Å². The summed E-state index contributed by atoms with van der Waals surface area (Å²) in [4.78, 5) is 0.